The van der Waals surface area contributed by atoms with Crippen molar-refractivity contribution in [2.24, 2.45) is 0 Å². The summed E-state index contributed by atoms with van der Waals surface area (Å²) in [5.74, 6) is -2.02. The minimum atomic E-state index is -1.33. The molecule has 0 saturated carbocycles. The van der Waals surface area contributed by atoms with Crippen molar-refractivity contribution < 1.29 is 97.9 Å². The number of hydrogen-bond donors (Lipinski definition) is 8. The van der Waals surface area contributed by atoms with Gasteiger partial charge in [-0.15, -0.1) is 0 Å². The molecule has 8 aromatic rings. The first-order valence-corrected chi connectivity index (χ1v) is 25.2. The summed E-state index contributed by atoms with van der Waals surface area (Å²) in [7, 11) is 0. The van der Waals surface area contributed by atoms with Gasteiger partial charge in [-0.1, -0.05) is 24.3 Å². The van der Waals surface area contributed by atoms with Gasteiger partial charge in [-0.2, -0.15) is 0 Å². The molecule has 0 aliphatic carbocycles. The van der Waals surface area contributed by atoms with Crippen molar-refractivity contribution in [2.45, 2.75) is 30.8 Å². The lowest BCUT2D eigenvalue weighted by molar-refractivity contribution is 0.0127. The third kappa shape index (κ3) is 16.2. The molecule has 0 bridgehead atoms. The zero-order valence-electron chi connectivity index (χ0n) is 43.2. The van der Waals surface area contributed by atoms with Crippen molar-refractivity contribution in [2.75, 3.05) is 52.9 Å². The lowest BCUT2D eigenvalue weighted by atomic mass is 9.93. The van der Waals surface area contributed by atoms with Crippen LogP contribution < -0.4 is 18.9 Å². The lowest BCUT2D eigenvalue weighted by Gasteiger charge is -2.21. The number of carbonyl (C=O) groups is 4. The zero-order chi connectivity index (χ0) is 57.4. The number of aliphatic hydroxyl groups excluding tert-OH is 4. The van der Waals surface area contributed by atoms with Crippen molar-refractivity contribution in [3.63, 3.8) is 0 Å². The van der Waals surface area contributed by atoms with E-state index in [0.29, 0.717) is 32.7 Å². The number of esters is 4. The molecule has 0 amide bonds. The molecule has 0 aliphatic heterocycles. The van der Waals surface area contributed by atoms with Crippen molar-refractivity contribution >= 4 is 45.4 Å². The third-order valence-electron chi connectivity index (χ3n) is 12.3. The van der Waals surface area contributed by atoms with E-state index in [9.17, 15) is 60.0 Å². The number of aliphatic hydroxyl groups is 4. The molecular weight excluding hydrogens is 1050 g/mol. The molecule has 81 heavy (non-hydrogen) atoms. The average molecular weight is 1110 g/mol. The van der Waals surface area contributed by atoms with E-state index in [1.807, 2.05) is 0 Å². The molecule has 0 fully saturated rings. The highest BCUT2D eigenvalue weighted by molar-refractivity contribution is 5.94. The van der Waals surface area contributed by atoms with Gasteiger partial charge in [0.2, 0.25) is 0 Å². The molecule has 8 N–H and O–H groups in total. The van der Waals surface area contributed by atoms with Crippen LogP contribution in [0.4, 0.5) is 0 Å². The quantitative estimate of drug-likeness (QED) is 0.0204. The van der Waals surface area contributed by atoms with Gasteiger partial charge in [-0.25, -0.2) is 19.2 Å². The van der Waals surface area contributed by atoms with Gasteiger partial charge in [0.1, 0.15) is 123 Å². The molecule has 0 aliphatic rings. The maximum atomic E-state index is 12.8. The highest BCUT2D eigenvalue weighted by Gasteiger charge is 2.22. The SMILES string of the molecule is O=C(OCC(O)COc1ccc2ccc(OCC(O)COC(=O)c3ccc(O)cc3)c(Cc3c(OCC(O)COC(=O)c4ccc(O)cc4)ccc4ccc(OCC(O)COC(=O)c5ccc(O)cc5)cc34)c2c1)c1ccc(O)cc1. The van der Waals surface area contributed by atoms with Crippen LogP contribution in [0, 0.1) is 0 Å². The molecule has 8 aromatic carbocycles. The Hall–Kier alpha value is -9.60. The van der Waals surface area contributed by atoms with E-state index in [4.69, 9.17) is 37.9 Å². The van der Waals surface area contributed by atoms with Crippen LogP contribution >= 0.6 is 0 Å². The van der Waals surface area contributed by atoms with E-state index in [0.717, 1.165) is 0 Å². The van der Waals surface area contributed by atoms with Crippen molar-refractivity contribution in [1.29, 1.82) is 0 Å². The van der Waals surface area contributed by atoms with Crippen molar-refractivity contribution in [1.82, 2.24) is 0 Å². The number of hydrogen-bond acceptors (Lipinski definition) is 20. The van der Waals surface area contributed by atoms with Crippen LogP contribution in [0.5, 0.6) is 46.0 Å². The number of benzene rings is 8. The molecule has 420 valence electrons. The summed E-state index contributed by atoms with van der Waals surface area (Å²) in [6.07, 6.45) is -5.19. The highest BCUT2D eigenvalue weighted by Crippen LogP contribution is 2.39. The summed E-state index contributed by atoms with van der Waals surface area (Å²) in [5.41, 5.74) is 1.63. The van der Waals surface area contributed by atoms with Crippen molar-refractivity contribution in [3.8, 4) is 46.0 Å². The Labute approximate surface area is 462 Å². The first kappa shape index (κ1) is 57.6. The molecule has 0 radical (unpaired) electrons. The Kier molecular flexibility index (Phi) is 19.4. The molecule has 4 atom stereocenters. The molecule has 20 heteroatoms. The van der Waals surface area contributed by atoms with Gasteiger partial charge in [0.05, 0.1) is 22.3 Å². The smallest absolute Gasteiger partial charge is 0.338 e. The minimum absolute atomic E-state index is 0.00417. The van der Waals surface area contributed by atoms with Gasteiger partial charge in [-0.05, 0) is 155 Å². The number of phenols is 4. The number of ether oxygens (including phenoxy) is 8. The summed E-state index contributed by atoms with van der Waals surface area (Å²) >= 11 is 0. The van der Waals surface area contributed by atoms with Gasteiger partial charge >= 0.3 is 23.9 Å². The number of rotatable bonds is 26. The number of phenolic OH excluding ortho intramolecular Hbond substituents is 4. The minimum Gasteiger partial charge on any atom is -0.508 e. The predicted octanol–water partition coefficient (Wildman–Crippen LogP) is 6.79. The summed E-state index contributed by atoms with van der Waals surface area (Å²) in [5, 5.41) is 84.8. The van der Waals surface area contributed by atoms with Gasteiger partial charge in [-0.3, -0.25) is 0 Å². The number of fused-ring (bicyclic) bond motifs is 2. The van der Waals surface area contributed by atoms with Crippen LogP contribution in [0.1, 0.15) is 52.6 Å². The summed E-state index contributed by atoms with van der Waals surface area (Å²) in [6, 6.07) is 38.8. The number of carbonyl (C=O) groups excluding carboxylic acids is 4. The Morgan fingerprint density at radius 2 is 0.580 bits per heavy atom. The van der Waals surface area contributed by atoms with E-state index in [2.05, 4.69) is 0 Å². The van der Waals surface area contributed by atoms with Crippen LogP contribution in [-0.2, 0) is 25.4 Å². The molecule has 4 unspecified atom stereocenters. The van der Waals surface area contributed by atoms with Gasteiger partial charge in [0.15, 0.2) is 0 Å². The topological polar surface area (TPSA) is 304 Å². The first-order valence-electron chi connectivity index (χ1n) is 25.2. The fraction of sp³-hybridized carbons (Fsp3) is 0.213. The fourth-order valence-electron chi connectivity index (χ4n) is 8.03. The highest BCUT2D eigenvalue weighted by atomic mass is 16.6. The van der Waals surface area contributed by atoms with Crippen LogP contribution in [0.25, 0.3) is 21.5 Å². The van der Waals surface area contributed by atoms with E-state index in [1.54, 1.807) is 60.7 Å². The summed E-state index contributed by atoms with van der Waals surface area (Å²) in [4.78, 5) is 50.7. The number of aromatic hydroxyl groups is 4. The van der Waals surface area contributed by atoms with E-state index >= 15 is 0 Å². The van der Waals surface area contributed by atoms with Gasteiger partial charge in [0.25, 0.3) is 0 Å². The lowest BCUT2D eigenvalue weighted by Crippen LogP contribution is -2.26. The van der Waals surface area contributed by atoms with E-state index < -0.39 is 74.7 Å². The van der Waals surface area contributed by atoms with Crippen molar-refractivity contribution in [3.05, 3.63) is 191 Å². The molecule has 8 rings (SSSR count). The second kappa shape index (κ2) is 27.3. The van der Waals surface area contributed by atoms with Gasteiger partial charge < -0.3 is 78.7 Å². The maximum absolute atomic E-state index is 12.8. The predicted molar refractivity (Wildman–Crippen MR) is 290 cm³/mol. The standard InChI is InChI=1S/C61H56O20/c62-42-13-1-38(2-14-42)58(70)78-32-46(66)28-74-50-21-9-36-11-23-56(76-30-48(68)34-80-60(72)40-5-17-44(64)18-6-40)54(52(36)25-50)27-55-53-26-51(75-29-47(67)33-79-59(71)39-3-15-43(63)16-4-39)22-10-37(53)12-24-57(55)77-31-49(69)35-81-61(73)41-7-19-45(65)20-8-41/h1-26,46-49,62-69H,27-35H2. The molecule has 20 nitrogen and oxygen atoms in total. The normalized spacial score (nSPS) is 12.6. The van der Waals surface area contributed by atoms with E-state index in [1.165, 1.54) is 97.1 Å². The van der Waals surface area contributed by atoms with Crippen LogP contribution in [0.15, 0.2) is 158 Å². The van der Waals surface area contributed by atoms with Crippen LogP contribution in [0.2, 0.25) is 0 Å². The van der Waals surface area contributed by atoms with Crippen LogP contribution in [0.3, 0.4) is 0 Å². The molecular formula is C61H56O20. The monoisotopic (exact) mass is 1110 g/mol. The van der Waals surface area contributed by atoms with Crippen LogP contribution in [-0.4, -0.2) is 142 Å². The molecule has 0 aromatic heterocycles. The Balaban J connectivity index is 1.08. The van der Waals surface area contributed by atoms with Gasteiger partial charge in [0, 0.05) is 17.5 Å². The third-order valence-corrected chi connectivity index (χ3v) is 12.3. The second-order valence-corrected chi connectivity index (χ2v) is 18.5. The first-order chi connectivity index (χ1) is 39.0. The summed E-state index contributed by atoms with van der Waals surface area (Å²) in [6.45, 7) is -3.10. The average Bonchev–Trinajstić information content (AvgIpc) is 3.60. The van der Waals surface area contributed by atoms with E-state index in [-0.39, 0.29) is 101 Å². The fourth-order valence-corrected chi connectivity index (χ4v) is 8.03. The second-order valence-electron chi connectivity index (χ2n) is 18.5. The molecule has 0 heterocycles. The maximum Gasteiger partial charge on any atom is 0.338 e. The molecule has 0 saturated heterocycles. The summed E-state index contributed by atoms with van der Waals surface area (Å²) < 4.78 is 45.9. The zero-order valence-corrected chi connectivity index (χ0v) is 43.2. The largest absolute Gasteiger partial charge is 0.508 e. The Morgan fingerprint density at radius 1 is 0.321 bits per heavy atom. The molecule has 0 spiro atoms. The Morgan fingerprint density at radius 3 is 0.864 bits per heavy atom. The Bertz CT molecular complexity index is 3200.